The van der Waals surface area contributed by atoms with E-state index in [0.717, 1.165) is 19.6 Å². The normalized spacial score (nSPS) is 11.4. The number of ether oxygens (including phenoxy) is 3. The van der Waals surface area contributed by atoms with Gasteiger partial charge in [0.1, 0.15) is 13.2 Å². The van der Waals surface area contributed by atoms with Crippen LogP contribution in [0.5, 0.6) is 0 Å². The number of methoxy groups -OCH3 is 1. The second kappa shape index (κ2) is 39.5. The van der Waals surface area contributed by atoms with Gasteiger partial charge in [0.2, 0.25) is 0 Å². The molecular weight excluding hydrogens is 620 g/mol. The first-order valence-corrected chi connectivity index (χ1v) is 20.5. The predicted molar refractivity (Wildman–Crippen MR) is 202 cm³/mol. The lowest BCUT2D eigenvalue weighted by molar-refractivity contribution is -0.269. The van der Waals surface area contributed by atoms with Crippen molar-refractivity contribution in [2.45, 2.75) is 168 Å². The Morgan fingerprint density at radius 1 is 0.490 bits per heavy atom. The summed E-state index contributed by atoms with van der Waals surface area (Å²) < 4.78 is 16.1. The number of esters is 1. The van der Waals surface area contributed by atoms with Gasteiger partial charge in [-0.15, -0.1) is 0 Å². The van der Waals surface area contributed by atoms with Crippen LogP contribution in [-0.4, -0.2) is 102 Å². The number of amides is 1. The fourth-order valence-corrected chi connectivity index (χ4v) is 6.09. The van der Waals surface area contributed by atoms with Crippen molar-refractivity contribution in [3.63, 3.8) is 0 Å². The highest BCUT2D eigenvalue weighted by Crippen LogP contribution is 2.14. The van der Waals surface area contributed by atoms with Crippen LogP contribution in [-0.2, 0) is 33.6 Å². The standard InChI is InChI=1S/C40H80N2O7/c1-5-7-9-11-13-15-17-19-21-23-25-27-29-41(30-28-26-24-22-20-18-16-14-12-10-8-6-2)31-34-48-40(44)37-42(39(43)38-49-46-4)32-33-47-36-35-45-3/h5-38H2,1-4H3. The van der Waals surface area contributed by atoms with Crippen molar-refractivity contribution in [2.24, 2.45) is 0 Å². The molecule has 0 radical (unpaired) electrons. The van der Waals surface area contributed by atoms with E-state index in [9.17, 15) is 9.59 Å². The van der Waals surface area contributed by atoms with Gasteiger partial charge in [-0.1, -0.05) is 155 Å². The Bertz CT molecular complexity index is 670. The van der Waals surface area contributed by atoms with E-state index >= 15 is 0 Å². The highest BCUT2D eigenvalue weighted by atomic mass is 17.2. The largest absolute Gasteiger partial charge is 0.463 e. The molecule has 0 aliphatic rings. The number of rotatable bonds is 40. The summed E-state index contributed by atoms with van der Waals surface area (Å²) in [5.74, 6) is -0.770. The summed E-state index contributed by atoms with van der Waals surface area (Å²) in [7, 11) is 2.95. The van der Waals surface area contributed by atoms with E-state index in [-0.39, 0.29) is 25.6 Å². The molecule has 49 heavy (non-hydrogen) atoms. The van der Waals surface area contributed by atoms with Gasteiger partial charge in [0.15, 0.2) is 6.61 Å². The molecule has 0 saturated heterocycles. The molecule has 0 rings (SSSR count). The molecule has 9 nitrogen and oxygen atoms in total. The Balaban J connectivity index is 4.51. The van der Waals surface area contributed by atoms with Crippen molar-refractivity contribution in [3.8, 4) is 0 Å². The first-order chi connectivity index (χ1) is 24.1. The van der Waals surface area contributed by atoms with Gasteiger partial charge >= 0.3 is 5.97 Å². The molecule has 0 aliphatic carbocycles. The lowest BCUT2D eigenvalue weighted by Crippen LogP contribution is -2.41. The molecule has 292 valence electrons. The third kappa shape index (κ3) is 34.9. The van der Waals surface area contributed by atoms with Crippen molar-refractivity contribution in [1.82, 2.24) is 9.80 Å². The molecule has 0 aliphatic heterocycles. The SMILES string of the molecule is CCCCCCCCCCCCCCN(CCCCCCCCCCCCCC)CCOC(=O)CN(CCOCCOC)C(=O)COOC. The Morgan fingerprint density at radius 3 is 1.37 bits per heavy atom. The van der Waals surface area contributed by atoms with E-state index in [1.165, 1.54) is 166 Å². The molecule has 9 heteroatoms. The van der Waals surface area contributed by atoms with Gasteiger partial charge in [0, 0.05) is 20.2 Å². The molecule has 0 spiro atoms. The quantitative estimate of drug-likeness (QED) is 0.0271. The molecule has 0 aromatic carbocycles. The zero-order chi connectivity index (χ0) is 35.9. The van der Waals surface area contributed by atoms with Crippen LogP contribution in [0.15, 0.2) is 0 Å². The molecule has 0 heterocycles. The van der Waals surface area contributed by atoms with Crippen LogP contribution in [0.2, 0.25) is 0 Å². The molecule has 0 bridgehead atoms. The summed E-state index contributed by atoms with van der Waals surface area (Å²) in [5, 5.41) is 0. The topological polar surface area (TPSA) is 86.8 Å². The van der Waals surface area contributed by atoms with Crippen LogP contribution in [0.3, 0.4) is 0 Å². The zero-order valence-corrected chi connectivity index (χ0v) is 32.8. The predicted octanol–water partition coefficient (Wildman–Crippen LogP) is 9.30. The number of unbranched alkanes of at least 4 members (excludes halogenated alkanes) is 22. The van der Waals surface area contributed by atoms with Crippen molar-refractivity contribution in [2.75, 3.05) is 80.0 Å². The average Bonchev–Trinajstić information content (AvgIpc) is 3.10. The van der Waals surface area contributed by atoms with Crippen LogP contribution >= 0.6 is 0 Å². The van der Waals surface area contributed by atoms with Gasteiger partial charge in [-0.25, -0.2) is 9.78 Å². The summed E-state index contributed by atoms with van der Waals surface area (Å²) in [6.45, 7) is 8.73. The highest BCUT2D eigenvalue weighted by Gasteiger charge is 2.19. The van der Waals surface area contributed by atoms with Crippen LogP contribution in [0.4, 0.5) is 0 Å². The zero-order valence-electron chi connectivity index (χ0n) is 32.8. The molecule has 0 fully saturated rings. The van der Waals surface area contributed by atoms with Gasteiger partial charge in [0.25, 0.3) is 5.91 Å². The molecule has 0 unspecified atom stereocenters. The maximum absolute atomic E-state index is 12.7. The Labute approximate surface area is 302 Å². The fraction of sp³-hybridized carbons (Fsp3) is 0.950. The minimum absolute atomic E-state index is 0.142. The van der Waals surface area contributed by atoms with Crippen molar-refractivity contribution in [1.29, 1.82) is 0 Å². The minimum Gasteiger partial charge on any atom is -0.463 e. The van der Waals surface area contributed by atoms with E-state index in [4.69, 9.17) is 19.1 Å². The van der Waals surface area contributed by atoms with Crippen LogP contribution in [0.1, 0.15) is 168 Å². The summed E-state index contributed by atoms with van der Waals surface area (Å²) in [6.07, 6.45) is 32.3. The van der Waals surface area contributed by atoms with Crippen molar-refractivity contribution in [3.05, 3.63) is 0 Å². The lowest BCUT2D eigenvalue weighted by Gasteiger charge is -2.24. The number of nitrogens with zero attached hydrogens (tertiary/aromatic N) is 2. The van der Waals surface area contributed by atoms with Gasteiger partial charge in [-0.2, -0.15) is 0 Å². The minimum atomic E-state index is -0.418. The smallest absolute Gasteiger partial charge is 0.325 e. The van der Waals surface area contributed by atoms with Gasteiger partial charge in [-0.3, -0.25) is 14.5 Å². The van der Waals surface area contributed by atoms with E-state index in [0.29, 0.717) is 26.4 Å². The molecule has 0 aromatic heterocycles. The second-order valence-corrected chi connectivity index (χ2v) is 13.7. The third-order valence-corrected chi connectivity index (χ3v) is 9.24. The molecule has 0 atom stereocenters. The van der Waals surface area contributed by atoms with Gasteiger partial charge < -0.3 is 19.1 Å². The van der Waals surface area contributed by atoms with Gasteiger partial charge in [-0.05, 0) is 25.9 Å². The van der Waals surface area contributed by atoms with Crippen molar-refractivity contribution < 1.29 is 33.6 Å². The third-order valence-electron chi connectivity index (χ3n) is 9.24. The molecule has 1 amide bonds. The maximum Gasteiger partial charge on any atom is 0.325 e. The molecule has 0 saturated carbocycles. The number of carbonyl (C=O) groups excluding carboxylic acids is 2. The van der Waals surface area contributed by atoms with E-state index in [2.05, 4.69) is 23.6 Å². The lowest BCUT2D eigenvalue weighted by atomic mass is 10.0. The van der Waals surface area contributed by atoms with Crippen molar-refractivity contribution >= 4 is 11.9 Å². The van der Waals surface area contributed by atoms with E-state index in [1.807, 2.05) is 0 Å². The summed E-state index contributed by atoms with van der Waals surface area (Å²) in [6, 6.07) is 0. The van der Waals surface area contributed by atoms with E-state index < -0.39 is 5.97 Å². The Morgan fingerprint density at radius 2 is 0.939 bits per heavy atom. The monoisotopic (exact) mass is 701 g/mol. The van der Waals surface area contributed by atoms with Crippen LogP contribution in [0, 0.1) is 0 Å². The fourth-order valence-electron chi connectivity index (χ4n) is 6.09. The molecule has 0 N–H and O–H groups in total. The second-order valence-electron chi connectivity index (χ2n) is 13.7. The van der Waals surface area contributed by atoms with Crippen LogP contribution in [0.25, 0.3) is 0 Å². The molecular formula is C40H80N2O7. The van der Waals surface area contributed by atoms with Gasteiger partial charge in [0.05, 0.1) is 26.9 Å². The average molecular weight is 701 g/mol. The maximum atomic E-state index is 12.7. The first-order valence-electron chi connectivity index (χ1n) is 20.5. The molecule has 0 aromatic rings. The first kappa shape index (κ1) is 47.7. The van der Waals surface area contributed by atoms with E-state index in [1.54, 1.807) is 7.11 Å². The number of hydrogen-bond donors (Lipinski definition) is 0. The Hall–Kier alpha value is -1.26. The summed E-state index contributed by atoms with van der Waals surface area (Å²) in [4.78, 5) is 38.5. The van der Waals surface area contributed by atoms with Crippen LogP contribution < -0.4 is 0 Å². The number of carbonyl (C=O) groups is 2. The Kier molecular flexibility index (Phi) is 38.5. The summed E-state index contributed by atoms with van der Waals surface area (Å²) in [5.41, 5.74) is 0. The highest BCUT2D eigenvalue weighted by molar-refractivity contribution is 5.82. The number of hydrogen-bond acceptors (Lipinski definition) is 8. The summed E-state index contributed by atoms with van der Waals surface area (Å²) >= 11 is 0.